The Balaban J connectivity index is 2.35. The van der Waals surface area contributed by atoms with Crippen molar-refractivity contribution in [2.45, 2.75) is 19.3 Å². The number of rotatable bonds is 1. The largest absolute Gasteiger partial charge is 0.330 e. The Kier molecular flexibility index (Phi) is 1.46. The van der Waals surface area contributed by atoms with Gasteiger partial charge in [-0.1, -0.05) is 6.92 Å². The molecule has 1 aliphatic carbocycles. The van der Waals surface area contributed by atoms with E-state index in [-0.39, 0.29) is 0 Å². The van der Waals surface area contributed by atoms with E-state index >= 15 is 0 Å². The van der Waals surface area contributed by atoms with Crippen LogP contribution in [-0.4, -0.2) is 16.7 Å². The number of aromatic nitrogens is 2. The molecule has 1 aromatic rings. The summed E-state index contributed by atoms with van der Waals surface area (Å²) in [5.74, 6) is 1.22. The second kappa shape index (κ2) is 2.34. The molecule has 1 aliphatic rings. The first-order chi connectivity index (χ1) is 5.33. The lowest BCUT2D eigenvalue weighted by molar-refractivity contribution is 0.501. The summed E-state index contributed by atoms with van der Waals surface area (Å²) in [7, 11) is 0. The molecule has 0 saturated heterocycles. The van der Waals surface area contributed by atoms with Crippen LogP contribution in [0.2, 0.25) is 0 Å². The molecule has 0 spiro atoms. The lowest BCUT2D eigenvalue weighted by Gasteiger charge is -2.11. The summed E-state index contributed by atoms with van der Waals surface area (Å²) in [6.07, 6.45) is 3.02. The molecule has 11 heavy (non-hydrogen) atoms. The SMILES string of the molecule is CC1Cc2[nH]ncc2C1CN. The number of hydrogen-bond acceptors (Lipinski definition) is 2. The number of hydrogen-bond donors (Lipinski definition) is 2. The number of fused-ring (bicyclic) bond motifs is 1. The smallest absolute Gasteiger partial charge is 0.0525 e. The van der Waals surface area contributed by atoms with Crippen LogP contribution in [0.5, 0.6) is 0 Å². The van der Waals surface area contributed by atoms with E-state index in [0.29, 0.717) is 11.8 Å². The Bertz CT molecular complexity index is 254. The predicted molar refractivity (Wildman–Crippen MR) is 43.3 cm³/mol. The highest BCUT2D eigenvalue weighted by Gasteiger charge is 2.29. The maximum atomic E-state index is 5.66. The third kappa shape index (κ3) is 0.878. The van der Waals surface area contributed by atoms with Gasteiger partial charge in [-0.15, -0.1) is 0 Å². The van der Waals surface area contributed by atoms with Gasteiger partial charge in [0.1, 0.15) is 0 Å². The number of H-pyrrole nitrogens is 1. The van der Waals surface area contributed by atoms with E-state index < -0.39 is 0 Å². The molecular weight excluding hydrogens is 138 g/mol. The second-order valence-corrected chi connectivity index (χ2v) is 3.33. The molecule has 0 aromatic carbocycles. The molecular formula is C8H13N3. The van der Waals surface area contributed by atoms with Gasteiger partial charge in [-0.2, -0.15) is 5.10 Å². The summed E-state index contributed by atoms with van der Waals surface area (Å²) in [6.45, 7) is 2.99. The molecule has 0 fully saturated rings. The Morgan fingerprint density at radius 3 is 3.36 bits per heavy atom. The van der Waals surface area contributed by atoms with E-state index in [0.717, 1.165) is 13.0 Å². The second-order valence-electron chi connectivity index (χ2n) is 3.33. The number of aromatic amines is 1. The Labute approximate surface area is 66.0 Å². The third-order valence-electron chi connectivity index (χ3n) is 2.62. The molecule has 3 heteroatoms. The lowest BCUT2D eigenvalue weighted by atomic mass is 9.95. The summed E-state index contributed by atoms with van der Waals surface area (Å²) >= 11 is 0. The molecule has 0 aliphatic heterocycles. The fourth-order valence-electron chi connectivity index (χ4n) is 1.94. The van der Waals surface area contributed by atoms with Crippen LogP contribution in [-0.2, 0) is 6.42 Å². The van der Waals surface area contributed by atoms with Gasteiger partial charge in [0.25, 0.3) is 0 Å². The van der Waals surface area contributed by atoms with Gasteiger partial charge in [0.05, 0.1) is 6.20 Å². The summed E-state index contributed by atoms with van der Waals surface area (Å²) in [6, 6.07) is 0. The van der Waals surface area contributed by atoms with Crippen molar-refractivity contribution >= 4 is 0 Å². The van der Waals surface area contributed by atoms with Crippen LogP contribution in [0.1, 0.15) is 24.1 Å². The molecule has 1 heterocycles. The molecule has 0 amide bonds. The minimum Gasteiger partial charge on any atom is -0.330 e. The molecule has 2 unspecified atom stereocenters. The van der Waals surface area contributed by atoms with Gasteiger partial charge in [0, 0.05) is 11.6 Å². The number of nitrogens with two attached hydrogens (primary N) is 1. The summed E-state index contributed by atoms with van der Waals surface area (Å²) < 4.78 is 0. The first-order valence-corrected chi connectivity index (χ1v) is 4.05. The minimum atomic E-state index is 0.531. The fraction of sp³-hybridized carbons (Fsp3) is 0.625. The van der Waals surface area contributed by atoms with Gasteiger partial charge in [0.2, 0.25) is 0 Å². The van der Waals surface area contributed by atoms with Crippen LogP contribution < -0.4 is 5.73 Å². The summed E-state index contributed by atoms with van der Waals surface area (Å²) in [4.78, 5) is 0. The van der Waals surface area contributed by atoms with Crippen LogP contribution in [0, 0.1) is 5.92 Å². The highest BCUT2D eigenvalue weighted by atomic mass is 15.1. The third-order valence-corrected chi connectivity index (χ3v) is 2.62. The van der Waals surface area contributed by atoms with Crippen LogP contribution in [0.4, 0.5) is 0 Å². The highest BCUT2D eigenvalue weighted by molar-refractivity contribution is 5.28. The highest BCUT2D eigenvalue weighted by Crippen LogP contribution is 2.35. The molecule has 2 rings (SSSR count). The Hall–Kier alpha value is -0.830. The molecule has 2 atom stereocenters. The van der Waals surface area contributed by atoms with Gasteiger partial charge in [0.15, 0.2) is 0 Å². The summed E-state index contributed by atoms with van der Waals surface area (Å²) in [5, 5.41) is 7.00. The minimum absolute atomic E-state index is 0.531. The van der Waals surface area contributed by atoms with Crippen LogP contribution in [0.3, 0.4) is 0 Å². The van der Waals surface area contributed by atoms with Crippen molar-refractivity contribution in [2.24, 2.45) is 11.7 Å². The van der Waals surface area contributed by atoms with E-state index in [4.69, 9.17) is 5.73 Å². The first kappa shape index (κ1) is 6.85. The van der Waals surface area contributed by atoms with Gasteiger partial charge < -0.3 is 5.73 Å². The van der Waals surface area contributed by atoms with Crippen molar-refractivity contribution in [3.8, 4) is 0 Å². The number of nitrogens with one attached hydrogen (secondary N) is 1. The van der Waals surface area contributed by atoms with E-state index in [2.05, 4.69) is 17.1 Å². The zero-order chi connectivity index (χ0) is 7.84. The molecule has 0 saturated carbocycles. The van der Waals surface area contributed by atoms with Crippen LogP contribution >= 0.6 is 0 Å². The molecule has 3 nitrogen and oxygen atoms in total. The average molecular weight is 151 g/mol. The monoisotopic (exact) mass is 151 g/mol. The Morgan fingerprint density at radius 1 is 1.82 bits per heavy atom. The first-order valence-electron chi connectivity index (χ1n) is 4.05. The Morgan fingerprint density at radius 2 is 2.64 bits per heavy atom. The van der Waals surface area contributed by atoms with Crippen molar-refractivity contribution in [2.75, 3.05) is 6.54 Å². The van der Waals surface area contributed by atoms with Crippen molar-refractivity contribution in [1.82, 2.24) is 10.2 Å². The molecule has 60 valence electrons. The van der Waals surface area contributed by atoms with Crippen molar-refractivity contribution in [3.63, 3.8) is 0 Å². The zero-order valence-corrected chi connectivity index (χ0v) is 6.67. The van der Waals surface area contributed by atoms with E-state index in [1.807, 2.05) is 6.20 Å². The predicted octanol–water partition coefficient (Wildman–Crippen LogP) is 0.644. The topological polar surface area (TPSA) is 54.7 Å². The summed E-state index contributed by atoms with van der Waals surface area (Å²) in [5.41, 5.74) is 8.28. The van der Waals surface area contributed by atoms with Gasteiger partial charge >= 0.3 is 0 Å². The average Bonchev–Trinajstić information content (AvgIpc) is 2.46. The standard InChI is InChI=1S/C8H13N3/c1-5-2-8-7(4-10-11-8)6(5)3-9/h4-6H,2-3,9H2,1H3,(H,10,11). The van der Waals surface area contributed by atoms with E-state index in [1.54, 1.807) is 0 Å². The quantitative estimate of drug-likeness (QED) is 0.619. The van der Waals surface area contributed by atoms with Crippen molar-refractivity contribution in [1.29, 1.82) is 0 Å². The van der Waals surface area contributed by atoms with Gasteiger partial charge in [-0.25, -0.2) is 0 Å². The zero-order valence-electron chi connectivity index (χ0n) is 6.67. The van der Waals surface area contributed by atoms with Gasteiger partial charge in [-0.3, -0.25) is 5.10 Å². The van der Waals surface area contributed by atoms with Crippen molar-refractivity contribution < 1.29 is 0 Å². The van der Waals surface area contributed by atoms with E-state index in [1.165, 1.54) is 11.3 Å². The normalized spacial score (nSPS) is 28.9. The lowest BCUT2D eigenvalue weighted by Crippen LogP contribution is -2.15. The van der Waals surface area contributed by atoms with Crippen LogP contribution in [0.15, 0.2) is 6.20 Å². The maximum absolute atomic E-state index is 5.66. The molecule has 0 radical (unpaired) electrons. The molecule has 3 N–H and O–H groups in total. The molecule has 0 bridgehead atoms. The van der Waals surface area contributed by atoms with Gasteiger partial charge in [-0.05, 0) is 24.4 Å². The number of nitrogens with zero attached hydrogens (tertiary/aromatic N) is 1. The van der Waals surface area contributed by atoms with Crippen molar-refractivity contribution in [3.05, 3.63) is 17.5 Å². The van der Waals surface area contributed by atoms with E-state index in [9.17, 15) is 0 Å². The fourth-order valence-corrected chi connectivity index (χ4v) is 1.94. The maximum Gasteiger partial charge on any atom is 0.0525 e. The van der Waals surface area contributed by atoms with Crippen LogP contribution in [0.25, 0.3) is 0 Å². The molecule has 1 aromatic heterocycles.